The maximum absolute atomic E-state index is 13.2. The van der Waals surface area contributed by atoms with Crippen molar-refractivity contribution in [3.8, 4) is 11.5 Å². The van der Waals surface area contributed by atoms with E-state index in [2.05, 4.69) is 4.98 Å². The number of hydrogen-bond acceptors (Lipinski definition) is 6. The maximum atomic E-state index is 13.2. The number of Topliss-reactive ketones (excluding diaryl/α,β-unsaturated/α-hetero) is 1. The summed E-state index contributed by atoms with van der Waals surface area (Å²) in [6.45, 7) is 0.577. The van der Waals surface area contributed by atoms with Crippen molar-refractivity contribution in [3.63, 3.8) is 0 Å². The fraction of sp³-hybridized carbons (Fsp3) is 0.160. The van der Waals surface area contributed by atoms with E-state index in [0.717, 1.165) is 17.7 Å². The zero-order chi connectivity index (χ0) is 22.2. The molecule has 1 saturated heterocycles. The Morgan fingerprint density at radius 1 is 1.12 bits per heavy atom. The first-order chi connectivity index (χ1) is 15.6. The van der Waals surface area contributed by atoms with Gasteiger partial charge < -0.3 is 14.6 Å². The van der Waals surface area contributed by atoms with E-state index >= 15 is 0 Å². The van der Waals surface area contributed by atoms with Gasteiger partial charge in [-0.1, -0.05) is 12.1 Å². The topological polar surface area (TPSA) is 89.0 Å². The summed E-state index contributed by atoms with van der Waals surface area (Å²) in [6, 6.07) is 16.5. The molecule has 7 nitrogen and oxygen atoms in total. The van der Waals surface area contributed by atoms with Crippen LogP contribution in [0.3, 0.4) is 0 Å². The third kappa shape index (κ3) is 3.19. The van der Waals surface area contributed by atoms with Gasteiger partial charge in [0.2, 0.25) is 0 Å². The number of methoxy groups -OCH3 is 1. The highest BCUT2D eigenvalue weighted by molar-refractivity contribution is 6.51. The summed E-state index contributed by atoms with van der Waals surface area (Å²) >= 11 is 0. The van der Waals surface area contributed by atoms with E-state index in [-0.39, 0.29) is 11.3 Å². The summed E-state index contributed by atoms with van der Waals surface area (Å²) in [7, 11) is 1.53. The van der Waals surface area contributed by atoms with E-state index in [9.17, 15) is 14.7 Å². The van der Waals surface area contributed by atoms with Gasteiger partial charge in [-0.3, -0.25) is 19.5 Å². The van der Waals surface area contributed by atoms with Crippen molar-refractivity contribution in [2.75, 3.05) is 18.6 Å². The molecule has 5 rings (SSSR count). The minimum absolute atomic E-state index is 0.00427. The number of benzene rings is 2. The maximum Gasteiger partial charge on any atom is 0.300 e. The van der Waals surface area contributed by atoms with E-state index in [1.807, 2.05) is 0 Å². The lowest BCUT2D eigenvalue weighted by Crippen LogP contribution is -2.29. The van der Waals surface area contributed by atoms with Crippen LogP contribution in [0.4, 0.5) is 5.69 Å². The summed E-state index contributed by atoms with van der Waals surface area (Å²) in [6.07, 6.45) is 2.31. The average Bonchev–Trinajstić information content (AvgIpc) is 3.41. The monoisotopic (exact) mass is 428 g/mol. The second kappa shape index (κ2) is 7.85. The SMILES string of the molecule is COc1cccc(N2C(=O)C(=O)/C(=C(\O)c3ccc4c(c3)CCO4)C2c2ccccn2)c1. The Labute approximate surface area is 184 Å². The van der Waals surface area contributed by atoms with Crippen LogP contribution < -0.4 is 14.4 Å². The number of amides is 1. The van der Waals surface area contributed by atoms with Crippen molar-refractivity contribution in [1.29, 1.82) is 0 Å². The number of anilines is 1. The fourth-order valence-electron chi connectivity index (χ4n) is 4.17. The van der Waals surface area contributed by atoms with Crippen LogP contribution in [0.25, 0.3) is 5.76 Å². The lowest BCUT2D eigenvalue weighted by molar-refractivity contribution is -0.132. The van der Waals surface area contributed by atoms with Crippen LogP contribution in [0.15, 0.2) is 72.4 Å². The van der Waals surface area contributed by atoms with Crippen molar-refractivity contribution in [3.05, 3.63) is 89.3 Å². The zero-order valence-corrected chi connectivity index (χ0v) is 17.3. The Hall–Kier alpha value is -4.13. The third-order valence-electron chi connectivity index (χ3n) is 5.71. The second-order valence-electron chi connectivity index (χ2n) is 7.55. The average molecular weight is 428 g/mol. The zero-order valence-electron chi connectivity index (χ0n) is 17.3. The summed E-state index contributed by atoms with van der Waals surface area (Å²) in [5, 5.41) is 11.2. The molecule has 1 unspecified atom stereocenters. The smallest absolute Gasteiger partial charge is 0.300 e. The number of fused-ring (bicyclic) bond motifs is 1. The standard InChI is InChI=1S/C25H20N2O5/c1-31-18-6-4-5-17(14-18)27-22(19-7-2-3-11-26-19)21(24(29)25(27)30)23(28)16-8-9-20-15(13-16)10-12-32-20/h2-9,11,13-14,22,28H,10,12H2,1H3/b23-21-. The van der Waals surface area contributed by atoms with Crippen molar-refractivity contribution in [2.24, 2.45) is 0 Å². The van der Waals surface area contributed by atoms with Gasteiger partial charge in [0, 0.05) is 29.9 Å². The molecule has 2 aliphatic rings. The molecular weight excluding hydrogens is 408 g/mol. The van der Waals surface area contributed by atoms with E-state index in [0.29, 0.717) is 29.3 Å². The van der Waals surface area contributed by atoms with E-state index in [1.165, 1.54) is 12.0 Å². The number of ketones is 1. The lowest BCUT2D eigenvalue weighted by atomic mass is 9.97. The van der Waals surface area contributed by atoms with Crippen molar-refractivity contribution < 1.29 is 24.2 Å². The van der Waals surface area contributed by atoms with Crippen molar-refractivity contribution in [1.82, 2.24) is 4.98 Å². The molecule has 1 amide bonds. The van der Waals surface area contributed by atoms with Gasteiger partial charge in [0.15, 0.2) is 0 Å². The van der Waals surface area contributed by atoms with E-state index in [4.69, 9.17) is 9.47 Å². The molecule has 2 aliphatic heterocycles. The van der Waals surface area contributed by atoms with E-state index in [1.54, 1.807) is 66.9 Å². The molecule has 160 valence electrons. The molecule has 0 bridgehead atoms. The summed E-state index contributed by atoms with van der Waals surface area (Å²) in [5.41, 5.74) is 2.35. The van der Waals surface area contributed by atoms with Gasteiger partial charge >= 0.3 is 0 Å². The number of hydrogen-bond donors (Lipinski definition) is 1. The van der Waals surface area contributed by atoms with Gasteiger partial charge in [-0.2, -0.15) is 0 Å². The molecule has 32 heavy (non-hydrogen) atoms. The quantitative estimate of drug-likeness (QED) is 0.388. The largest absolute Gasteiger partial charge is 0.507 e. The molecule has 0 radical (unpaired) electrons. The third-order valence-corrected chi connectivity index (χ3v) is 5.71. The second-order valence-corrected chi connectivity index (χ2v) is 7.55. The molecule has 0 spiro atoms. The molecule has 3 aromatic rings. The van der Waals surface area contributed by atoms with Gasteiger partial charge in [0.25, 0.3) is 11.7 Å². The number of aliphatic hydroxyl groups is 1. The van der Waals surface area contributed by atoms with Gasteiger partial charge in [-0.15, -0.1) is 0 Å². The van der Waals surface area contributed by atoms with Gasteiger partial charge in [0.05, 0.1) is 25.0 Å². The summed E-state index contributed by atoms with van der Waals surface area (Å²) in [4.78, 5) is 32.1. The minimum atomic E-state index is -0.882. The lowest BCUT2D eigenvalue weighted by Gasteiger charge is -2.25. The van der Waals surface area contributed by atoms with Gasteiger partial charge in [0.1, 0.15) is 23.3 Å². The molecule has 1 N–H and O–H groups in total. The normalized spacial score (nSPS) is 19.0. The first-order valence-corrected chi connectivity index (χ1v) is 10.2. The van der Waals surface area contributed by atoms with Crippen LogP contribution in [0.1, 0.15) is 22.9 Å². The Kier molecular flexibility index (Phi) is 4.86. The minimum Gasteiger partial charge on any atom is -0.507 e. The van der Waals surface area contributed by atoms with Crippen LogP contribution in [0.5, 0.6) is 11.5 Å². The molecule has 1 aromatic heterocycles. The van der Waals surface area contributed by atoms with Crippen LogP contribution >= 0.6 is 0 Å². The predicted octanol–water partition coefficient (Wildman–Crippen LogP) is 3.65. The van der Waals surface area contributed by atoms with Gasteiger partial charge in [-0.05, 0) is 48.0 Å². The van der Waals surface area contributed by atoms with Crippen LogP contribution in [0.2, 0.25) is 0 Å². The molecular formula is C25H20N2O5. The van der Waals surface area contributed by atoms with Crippen LogP contribution in [-0.2, 0) is 16.0 Å². The van der Waals surface area contributed by atoms with Crippen molar-refractivity contribution >= 4 is 23.1 Å². The molecule has 0 saturated carbocycles. The summed E-state index contributed by atoms with van der Waals surface area (Å²) in [5.74, 6) is -0.431. The Balaban J connectivity index is 1.69. The Morgan fingerprint density at radius 3 is 2.78 bits per heavy atom. The molecule has 2 aromatic carbocycles. The molecule has 0 aliphatic carbocycles. The number of ether oxygens (including phenoxy) is 2. The Bertz CT molecular complexity index is 1250. The van der Waals surface area contributed by atoms with Crippen LogP contribution in [0, 0.1) is 0 Å². The first-order valence-electron chi connectivity index (χ1n) is 10.2. The number of aliphatic hydroxyl groups excluding tert-OH is 1. The van der Waals surface area contributed by atoms with Crippen LogP contribution in [-0.4, -0.2) is 35.5 Å². The van der Waals surface area contributed by atoms with Gasteiger partial charge in [-0.25, -0.2) is 0 Å². The number of carbonyl (C=O) groups excluding carboxylic acids is 2. The molecule has 3 heterocycles. The number of pyridine rings is 1. The number of carbonyl (C=O) groups is 2. The molecule has 1 fully saturated rings. The number of rotatable bonds is 4. The predicted molar refractivity (Wildman–Crippen MR) is 118 cm³/mol. The van der Waals surface area contributed by atoms with Crippen molar-refractivity contribution in [2.45, 2.75) is 12.5 Å². The number of aromatic nitrogens is 1. The fourth-order valence-corrected chi connectivity index (χ4v) is 4.17. The highest BCUT2D eigenvalue weighted by atomic mass is 16.5. The number of nitrogens with zero attached hydrogens (tertiary/aromatic N) is 2. The molecule has 7 heteroatoms. The molecule has 1 atom stereocenters. The Morgan fingerprint density at radius 2 is 2.00 bits per heavy atom. The highest BCUT2D eigenvalue weighted by Crippen LogP contribution is 2.42. The highest BCUT2D eigenvalue weighted by Gasteiger charge is 2.47. The summed E-state index contributed by atoms with van der Waals surface area (Å²) < 4.78 is 10.8. The van der Waals surface area contributed by atoms with E-state index < -0.39 is 17.7 Å². The first kappa shape index (κ1) is 19.8.